The van der Waals surface area contributed by atoms with Gasteiger partial charge in [0.05, 0.1) is 0 Å². The number of Topliss-reactive ketones (excluding diaryl/α,β-unsaturated/α-hetero) is 1. The quantitative estimate of drug-likeness (QED) is 0.847. The van der Waals surface area contributed by atoms with Gasteiger partial charge in [-0.1, -0.05) is 29.8 Å². The molecule has 0 aromatic heterocycles. The molecule has 1 saturated heterocycles. The maximum atomic E-state index is 12.5. The number of nitrogens with zero attached hydrogens (tertiary/aromatic N) is 1. The van der Waals surface area contributed by atoms with Gasteiger partial charge in [-0.2, -0.15) is 5.06 Å². The number of carbonyl (C=O) groups excluding carboxylic acids is 1. The molecule has 1 aliphatic rings. The third kappa shape index (κ3) is 3.53. The maximum Gasteiger partial charge on any atom is 0.163 e. The van der Waals surface area contributed by atoms with Crippen LogP contribution in [0, 0.1) is 12.8 Å². The van der Waals surface area contributed by atoms with Crippen LogP contribution in [0.15, 0.2) is 24.3 Å². The van der Waals surface area contributed by atoms with Crippen LogP contribution in [0.25, 0.3) is 0 Å². The number of ketones is 1. The van der Waals surface area contributed by atoms with E-state index in [0.717, 1.165) is 18.4 Å². The van der Waals surface area contributed by atoms with E-state index in [1.807, 2.05) is 58.9 Å². The van der Waals surface area contributed by atoms with Crippen molar-refractivity contribution in [3.8, 4) is 0 Å². The lowest BCUT2D eigenvalue weighted by Gasteiger charge is -2.51. The standard InChI is InChI=1S/C18H27NO2/c1-13-6-8-15(9-7-13)16(20)10-14-11-17(2,3)19(21)18(4,5)12-14/h6-9,14,21H,10-12H2,1-5H3. The highest BCUT2D eigenvalue weighted by molar-refractivity contribution is 5.96. The number of benzene rings is 1. The first-order valence-corrected chi connectivity index (χ1v) is 7.71. The van der Waals surface area contributed by atoms with E-state index in [9.17, 15) is 10.0 Å². The van der Waals surface area contributed by atoms with E-state index in [1.54, 1.807) is 0 Å². The summed E-state index contributed by atoms with van der Waals surface area (Å²) in [6, 6.07) is 7.79. The molecule has 0 radical (unpaired) electrons. The molecule has 0 aliphatic carbocycles. The summed E-state index contributed by atoms with van der Waals surface area (Å²) in [7, 11) is 0. The number of hydrogen-bond acceptors (Lipinski definition) is 3. The summed E-state index contributed by atoms with van der Waals surface area (Å²) in [6.45, 7) is 10.2. The van der Waals surface area contributed by atoms with E-state index in [0.29, 0.717) is 12.3 Å². The van der Waals surface area contributed by atoms with Crippen LogP contribution in [0.1, 0.15) is 62.9 Å². The maximum absolute atomic E-state index is 12.5. The number of piperidine rings is 1. The summed E-state index contributed by atoms with van der Waals surface area (Å²) in [5, 5.41) is 11.8. The molecule has 0 atom stereocenters. The Morgan fingerprint density at radius 2 is 1.62 bits per heavy atom. The molecule has 0 bridgehead atoms. The van der Waals surface area contributed by atoms with Gasteiger partial charge in [-0.15, -0.1) is 0 Å². The van der Waals surface area contributed by atoms with Crippen LogP contribution in [0.4, 0.5) is 0 Å². The van der Waals surface area contributed by atoms with E-state index in [-0.39, 0.29) is 16.9 Å². The van der Waals surface area contributed by atoms with Crippen LogP contribution in [-0.2, 0) is 0 Å². The van der Waals surface area contributed by atoms with Gasteiger partial charge >= 0.3 is 0 Å². The molecule has 116 valence electrons. The molecule has 1 aliphatic heterocycles. The lowest BCUT2D eigenvalue weighted by atomic mass is 9.73. The van der Waals surface area contributed by atoms with Crippen molar-refractivity contribution < 1.29 is 10.0 Å². The Balaban J connectivity index is 2.09. The zero-order valence-electron chi connectivity index (χ0n) is 13.8. The number of carbonyl (C=O) groups is 1. The highest BCUT2D eigenvalue weighted by Crippen LogP contribution is 2.41. The van der Waals surface area contributed by atoms with Crippen molar-refractivity contribution in [1.29, 1.82) is 0 Å². The van der Waals surface area contributed by atoms with Crippen molar-refractivity contribution in [2.75, 3.05) is 0 Å². The van der Waals surface area contributed by atoms with Gasteiger partial charge in [-0.05, 0) is 53.4 Å². The van der Waals surface area contributed by atoms with Gasteiger partial charge in [0.1, 0.15) is 0 Å². The third-order valence-electron chi connectivity index (χ3n) is 4.57. The van der Waals surface area contributed by atoms with Crippen LogP contribution >= 0.6 is 0 Å². The van der Waals surface area contributed by atoms with Crippen molar-refractivity contribution in [1.82, 2.24) is 5.06 Å². The SMILES string of the molecule is Cc1ccc(C(=O)CC2CC(C)(C)N(O)C(C)(C)C2)cc1. The van der Waals surface area contributed by atoms with Crippen molar-refractivity contribution in [3.05, 3.63) is 35.4 Å². The number of aryl methyl sites for hydroxylation is 1. The third-order valence-corrected chi connectivity index (χ3v) is 4.57. The number of rotatable bonds is 3. The predicted octanol–water partition coefficient (Wildman–Crippen LogP) is 4.23. The molecule has 0 spiro atoms. The lowest BCUT2D eigenvalue weighted by Crippen LogP contribution is -2.59. The highest BCUT2D eigenvalue weighted by Gasteiger charge is 2.45. The Morgan fingerprint density at radius 3 is 2.10 bits per heavy atom. The monoisotopic (exact) mass is 289 g/mol. The summed E-state index contributed by atoms with van der Waals surface area (Å²) in [4.78, 5) is 12.5. The Bertz CT molecular complexity index is 499. The summed E-state index contributed by atoms with van der Waals surface area (Å²) >= 11 is 0. The molecule has 0 unspecified atom stereocenters. The van der Waals surface area contributed by atoms with Gasteiger partial charge in [-0.3, -0.25) is 4.79 Å². The summed E-state index contributed by atoms with van der Waals surface area (Å²) < 4.78 is 0. The molecule has 1 heterocycles. The molecule has 2 rings (SSSR count). The van der Waals surface area contributed by atoms with E-state index < -0.39 is 0 Å². The zero-order chi connectivity index (χ0) is 15.8. The van der Waals surface area contributed by atoms with Crippen molar-refractivity contribution in [2.45, 2.75) is 65.0 Å². The van der Waals surface area contributed by atoms with Gasteiger partial charge in [0.15, 0.2) is 5.78 Å². The van der Waals surface area contributed by atoms with E-state index in [1.165, 1.54) is 10.6 Å². The van der Waals surface area contributed by atoms with Crippen LogP contribution in [0.2, 0.25) is 0 Å². The Hall–Kier alpha value is -1.19. The fraction of sp³-hybridized carbons (Fsp3) is 0.611. The molecule has 1 aromatic carbocycles. The average molecular weight is 289 g/mol. The van der Waals surface area contributed by atoms with Crippen LogP contribution in [0.3, 0.4) is 0 Å². The largest absolute Gasteiger partial charge is 0.313 e. The second kappa shape index (κ2) is 5.54. The Kier molecular flexibility index (Phi) is 4.27. The molecule has 21 heavy (non-hydrogen) atoms. The fourth-order valence-corrected chi connectivity index (χ4v) is 3.74. The molecule has 1 N–H and O–H groups in total. The van der Waals surface area contributed by atoms with E-state index in [4.69, 9.17) is 0 Å². The first-order valence-electron chi connectivity index (χ1n) is 7.71. The molecule has 3 heteroatoms. The zero-order valence-corrected chi connectivity index (χ0v) is 13.8. The minimum absolute atomic E-state index is 0.206. The van der Waals surface area contributed by atoms with E-state index in [2.05, 4.69) is 0 Å². The van der Waals surface area contributed by atoms with Gasteiger partial charge < -0.3 is 5.21 Å². The first-order chi connectivity index (χ1) is 9.62. The average Bonchev–Trinajstić information content (AvgIpc) is 2.36. The molecular weight excluding hydrogens is 262 g/mol. The summed E-state index contributed by atoms with van der Waals surface area (Å²) in [5.41, 5.74) is 1.38. The van der Waals surface area contributed by atoms with Crippen LogP contribution in [0.5, 0.6) is 0 Å². The van der Waals surface area contributed by atoms with Gasteiger partial charge in [-0.25, -0.2) is 0 Å². The Labute approximate surface area is 127 Å². The molecule has 1 fully saturated rings. The lowest BCUT2D eigenvalue weighted by molar-refractivity contribution is -0.250. The van der Waals surface area contributed by atoms with Gasteiger partial charge in [0.2, 0.25) is 0 Å². The molecule has 0 saturated carbocycles. The smallest absolute Gasteiger partial charge is 0.163 e. The van der Waals surface area contributed by atoms with Gasteiger partial charge in [0, 0.05) is 23.1 Å². The predicted molar refractivity (Wildman–Crippen MR) is 84.6 cm³/mol. The first kappa shape index (κ1) is 16.2. The minimum atomic E-state index is -0.292. The van der Waals surface area contributed by atoms with Crippen LogP contribution < -0.4 is 0 Å². The molecule has 0 amide bonds. The second-order valence-electron chi connectivity index (χ2n) is 7.70. The van der Waals surface area contributed by atoms with Crippen molar-refractivity contribution in [2.24, 2.45) is 5.92 Å². The number of hydrogen-bond donors (Lipinski definition) is 1. The molecular formula is C18H27NO2. The van der Waals surface area contributed by atoms with Crippen LogP contribution in [-0.4, -0.2) is 27.1 Å². The second-order valence-corrected chi connectivity index (χ2v) is 7.70. The molecule has 3 nitrogen and oxygen atoms in total. The fourth-order valence-electron chi connectivity index (χ4n) is 3.74. The van der Waals surface area contributed by atoms with Gasteiger partial charge in [0.25, 0.3) is 0 Å². The minimum Gasteiger partial charge on any atom is -0.313 e. The topological polar surface area (TPSA) is 40.5 Å². The van der Waals surface area contributed by atoms with Crippen molar-refractivity contribution in [3.63, 3.8) is 0 Å². The number of hydroxylamine groups is 2. The highest BCUT2D eigenvalue weighted by atomic mass is 16.5. The molecule has 1 aromatic rings. The summed E-state index contributed by atoms with van der Waals surface area (Å²) in [5.74, 6) is 0.519. The van der Waals surface area contributed by atoms with E-state index >= 15 is 0 Å². The Morgan fingerprint density at radius 1 is 1.14 bits per heavy atom. The normalized spacial score (nSPS) is 22.2. The van der Waals surface area contributed by atoms with Crippen molar-refractivity contribution >= 4 is 5.78 Å². The summed E-state index contributed by atoms with van der Waals surface area (Å²) in [6.07, 6.45) is 2.23.